The first-order chi connectivity index (χ1) is 7.34. The molecule has 94 valence electrons. The maximum Gasteiger partial charge on any atom is 0.374 e. The summed E-state index contributed by atoms with van der Waals surface area (Å²) in [5.74, 6) is -0.623. The van der Waals surface area contributed by atoms with Crippen molar-refractivity contribution in [3.8, 4) is 0 Å². The fourth-order valence-electron chi connectivity index (χ4n) is 0.898. The molecule has 0 N–H and O–H groups in total. The minimum Gasteiger partial charge on any atom is -0.459 e. The Kier molecular flexibility index (Phi) is 7.90. The lowest BCUT2D eigenvalue weighted by Gasteiger charge is -2.07. The summed E-state index contributed by atoms with van der Waals surface area (Å²) in [6, 6.07) is 0. The molecule has 0 fully saturated rings. The normalized spacial score (nSPS) is 14.1. The van der Waals surface area contributed by atoms with Crippen molar-refractivity contribution in [1.29, 1.82) is 0 Å². The zero-order valence-corrected chi connectivity index (χ0v) is 11.8. The summed E-state index contributed by atoms with van der Waals surface area (Å²) in [4.78, 5) is 11.3. The SMILES string of the molecule is CC(C)OCC[P+](=O)C(Cl)C(=O)OC(C)C. The van der Waals surface area contributed by atoms with E-state index in [1.54, 1.807) is 13.8 Å². The molecule has 0 aromatic carbocycles. The van der Waals surface area contributed by atoms with Gasteiger partial charge in [0.1, 0.15) is 0 Å². The van der Waals surface area contributed by atoms with E-state index >= 15 is 0 Å². The molecular formula is C10H19ClO4P+. The molecule has 0 aliphatic heterocycles. The molecule has 0 aliphatic rings. The molecule has 0 radical (unpaired) electrons. The Bertz CT molecular complexity index is 243. The molecule has 2 atom stereocenters. The number of hydrogen-bond donors (Lipinski definition) is 0. The lowest BCUT2D eigenvalue weighted by molar-refractivity contribution is -0.145. The third-order valence-corrected chi connectivity index (χ3v) is 3.73. The van der Waals surface area contributed by atoms with E-state index < -0.39 is 18.9 Å². The highest BCUT2D eigenvalue weighted by Crippen LogP contribution is 2.32. The van der Waals surface area contributed by atoms with Gasteiger partial charge in [0.25, 0.3) is 0 Å². The second-order valence-electron chi connectivity index (χ2n) is 3.88. The third-order valence-electron chi connectivity index (χ3n) is 1.56. The number of halogens is 1. The Hall–Kier alpha value is -0.180. The Morgan fingerprint density at radius 1 is 1.25 bits per heavy atom. The molecule has 0 bridgehead atoms. The summed E-state index contributed by atoms with van der Waals surface area (Å²) in [5.41, 5.74) is 0. The molecule has 0 saturated heterocycles. The monoisotopic (exact) mass is 269 g/mol. The molecule has 16 heavy (non-hydrogen) atoms. The van der Waals surface area contributed by atoms with Crippen molar-refractivity contribution >= 4 is 25.4 Å². The minimum atomic E-state index is -1.83. The van der Waals surface area contributed by atoms with Crippen molar-refractivity contribution in [2.45, 2.75) is 45.0 Å². The van der Waals surface area contributed by atoms with Crippen LogP contribution in [0.15, 0.2) is 0 Å². The van der Waals surface area contributed by atoms with Crippen LogP contribution in [0, 0.1) is 0 Å². The van der Waals surface area contributed by atoms with Crippen LogP contribution >= 0.6 is 19.4 Å². The maximum absolute atomic E-state index is 11.6. The van der Waals surface area contributed by atoms with Crippen molar-refractivity contribution in [2.24, 2.45) is 0 Å². The van der Waals surface area contributed by atoms with Crippen molar-refractivity contribution in [2.75, 3.05) is 12.8 Å². The molecule has 2 unspecified atom stereocenters. The third kappa shape index (κ3) is 7.15. The van der Waals surface area contributed by atoms with Gasteiger partial charge in [-0.25, -0.2) is 4.79 Å². The number of hydrogen-bond acceptors (Lipinski definition) is 4. The van der Waals surface area contributed by atoms with Crippen LogP contribution < -0.4 is 0 Å². The molecule has 0 aromatic rings. The number of alkyl halides is 1. The first-order valence-electron chi connectivity index (χ1n) is 5.24. The van der Waals surface area contributed by atoms with Crippen LogP contribution in [-0.4, -0.2) is 36.1 Å². The summed E-state index contributed by atoms with van der Waals surface area (Å²) in [7, 11) is -1.83. The molecule has 0 amide bonds. The average molecular weight is 270 g/mol. The van der Waals surface area contributed by atoms with Gasteiger partial charge in [-0.15, -0.1) is 0 Å². The zero-order chi connectivity index (χ0) is 12.7. The number of esters is 1. The fourth-order valence-corrected chi connectivity index (χ4v) is 2.05. The summed E-state index contributed by atoms with van der Waals surface area (Å²) in [6.07, 6.45) is 0.110. The highest BCUT2D eigenvalue weighted by molar-refractivity contribution is 7.49. The van der Waals surface area contributed by atoms with Gasteiger partial charge in [-0.1, -0.05) is 16.2 Å². The zero-order valence-electron chi connectivity index (χ0n) is 10.1. The van der Waals surface area contributed by atoms with Gasteiger partial charge in [-0.2, -0.15) is 0 Å². The van der Waals surface area contributed by atoms with Crippen molar-refractivity contribution in [3.05, 3.63) is 0 Å². The Labute approximate surface area is 102 Å². The number of ether oxygens (including phenoxy) is 2. The van der Waals surface area contributed by atoms with Crippen molar-refractivity contribution in [3.63, 3.8) is 0 Å². The first kappa shape index (κ1) is 15.8. The van der Waals surface area contributed by atoms with Gasteiger partial charge in [0, 0.05) is 0 Å². The topological polar surface area (TPSA) is 52.6 Å². The molecule has 0 spiro atoms. The van der Waals surface area contributed by atoms with E-state index in [9.17, 15) is 9.36 Å². The second-order valence-corrected chi connectivity index (χ2v) is 6.42. The van der Waals surface area contributed by atoms with Crippen LogP contribution in [0.4, 0.5) is 0 Å². The van der Waals surface area contributed by atoms with Crippen molar-refractivity contribution in [1.82, 2.24) is 0 Å². The number of carbonyl (C=O) groups excluding carboxylic acids is 1. The quantitative estimate of drug-likeness (QED) is 0.405. The summed E-state index contributed by atoms with van der Waals surface area (Å²) in [5, 5.41) is -1.08. The van der Waals surface area contributed by atoms with Crippen LogP contribution in [0.3, 0.4) is 0 Å². The van der Waals surface area contributed by atoms with Gasteiger partial charge in [-0.05, 0) is 27.7 Å². The molecule has 0 aliphatic carbocycles. The standard InChI is InChI=1S/C10H19ClO4P/c1-7(2)14-5-6-16(13)9(11)10(12)15-8(3)4/h7-9H,5-6H2,1-4H3/q+1. The fraction of sp³-hybridized carbons (Fsp3) is 0.900. The van der Waals surface area contributed by atoms with Gasteiger partial charge >= 0.3 is 18.9 Å². The van der Waals surface area contributed by atoms with Crippen molar-refractivity contribution < 1.29 is 18.8 Å². The van der Waals surface area contributed by atoms with Crippen LogP contribution in [0.1, 0.15) is 27.7 Å². The van der Waals surface area contributed by atoms with E-state index in [1.165, 1.54) is 0 Å². The predicted octanol–water partition coefficient (Wildman–Crippen LogP) is 2.76. The van der Waals surface area contributed by atoms with Gasteiger partial charge < -0.3 is 9.47 Å². The summed E-state index contributed by atoms with van der Waals surface area (Å²) >= 11 is 5.73. The first-order valence-corrected chi connectivity index (χ1v) is 7.19. The molecule has 0 aromatic heterocycles. The van der Waals surface area contributed by atoms with E-state index in [0.717, 1.165) is 0 Å². The van der Waals surface area contributed by atoms with Gasteiger partial charge in [0.05, 0.1) is 18.8 Å². The van der Waals surface area contributed by atoms with Crippen LogP contribution in [0.5, 0.6) is 0 Å². The van der Waals surface area contributed by atoms with Crippen LogP contribution in [0.2, 0.25) is 0 Å². The van der Waals surface area contributed by atoms with Crippen LogP contribution in [0.25, 0.3) is 0 Å². The molecule has 6 heteroatoms. The minimum absolute atomic E-state index is 0.0831. The maximum atomic E-state index is 11.6. The molecule has 0 heterocycles. The highest BCUT2D eigenvalue weighted by atomic mass is 35.5. The van der Waals surface area contributed by atoms with E-state index in [4.69, 9.17) is 21.1 Å². The highest BCUT2D eigenvalue weighted by Gasteiger charge is 2.36. The molecule has 0 saturated carbocycles. The van der Waals surface area contributed by atoms with E-state index in [1.807, 2.05) is 13.8 Å². The Morgan fingerprint density at radius 2 is 1.81 bits per heavy atom. The Morgan fingerprint density at radius 3 is 2.25 bits per heavy atom. The van der Waals surface area contributed by atoms with Gasteiger partial charge in [-0.3, -0.25) is 0 Å². The summed E-state index contributed by atoms with van der Waals surface area (Å²) in [6.45, 7) is 7.55. The predicted molar refractivity (Wildman–Crippen MR) is 64.4 cm³/mol. The molecule has 0 rings (SSSR count). The van der Waals surface area contributed by atoms with E-state index in [0.29, 0.717) is 6.61 Å². The molecule has 4 nitrogen and oxygen atoms in total. The number of rotatable bonds is 7. The Balaban J connectivity index is 3.93. The molecular weight excluding hydrogens is 251 g/mol. The largest absolute Gasteiger partial charge is 0.459 e. The summed E-state index contributed by atoms with van der Waals surface area (Å²) < 4.78 is 21.7. The van der Waals surface area contributed by atoms with Crippen LogP contribution in [-0.2, 0) is 18.8 Å². The lowest BCUT2D eigenvalue weighted by Crippen LogP contribution is -2.20. The lowest BCUT2D eigenvalue weighted by atomic mass is 10.5. The smallest absolute Gasteiger partial charge is 0.374 e. The average Bonchev–Trinajstić information content (AvgIpc) is 2.14. The van der Waals surface area contributed by atoms with Gasteiger partial charge in [0.2, 0.25) is 0 Å². The second kappa shape index (κ2) is 7.99. The van der Waals surface area contributed by atoms with E-state index in [2.05, 4.69) is 0 Å². The van der Waals surface area contributed by atoms with Gasteiger partial charge in [0.15, 0.2) is 6.16 Å². The number of carbonyl (C=O) groups is 1. The van der Waals surface area contributed by atoms with E-state index in [-0.39, 0.29) is 18.4 Å².